The Morgan fingerprint density at radius 2 is 1.77 bits per heavy atom. The van der Waals surface area contributed by atoms with E-state index in [0.29, 0.717) is 18.9 Å². The van der Waals surface area contributed by atoms with Gasteiger partial charge in [0.25, 0.3) is 0 Å². The van der Waals surface area contributed by atoms with Crippen LogP contribution in [0.1, 0.15) is 30.8 Å². The number of benzene rings is 2. The van der Waals surface area contributed by atoms with Gasteiger partial charge in [0, 0.05) is 16.5 Å². The minimum absolute atomic E-state index is 0.321. The first kappa shape index (κ1) is 17.9. The van der Waals surface area contributed by atoms with Gasteiger partial charge in [0.15, 0.2) is 0 Å². The Hall–Kier alpha value is -2.95. The lowest BCUT2D eigenvalue weighted by Gasteiger charge is -2.08. The van der Waals surface area contributed by atoms with Gasteiger partial charge in [-0.15, -0.1) is 0 Å². The summed E-state index contributed by atoms with van der Waals surface area (Å²) >= 11 is 0. The predicted molar refractivity (Wildman–Crippen MR) is 102 cm³/mol. The first-order chi connectivity index (χ1) is 12.7. The first-order valence-corrected chi connectivity index (χ1v) is 8.78. The van der Waals surface area contributed by atoms with Crippen LogP contribution in [0.25, 0.3) is 22.0 Å². The van der Waals surface area contributed by atoms with E-state index in [4.69, 9.17) is 14.2 Å². The Morgan fingerprint density at radius 1 is 1.04 bits per heavy atom. The van der Waals surface area contributed by atoms with E-state index in [1.807, 2.05) is 42.5 Å². The van der Waals surface area contributed by atoms with E-state index < -0.39 is 0 Å². The molecule has 26 heavy (non-hydrogen) atoms. The molecule has 0 bridgehead atoms. The van der Waals surface area contributed by atoms with E-state index in [-0.39, 0.29) is 5.97 Å². The highest BCUT2D eigenvalue weighted by Crippen LogP contribution is 2.35. The normalized spacial score (nSPS) is 10.7. The van der Waals surface area contributed by atoms with E-state index in [2.05, 4.69) is 11.9 Å². The first-order valence-electron chi connectivity index (χ1n) is 8.78. The van der Waals surface area contributed by atoms with Gasteiger partial charge < -0.3 is 19.2 Å². The number of nitrogens with one attached hydrogen (secondary N) is 1. The summed E-state index contributed by atoms with van der Waals surface area (Å²) in [6.45, 7) is 4.83. The third-order valence-corrected chi connectivity index (χ3v) is 4.10. The van der Waals surface area contributed by atoms with Crippen LogP contribution in [-0.4, -0.2) is 31.3 Å². The molecule has 1 aromatic heterocycles. The number of carbonyl (C=O) groups excluding carboxylic acids is 1. The molecule has 1 N–H and O–H groups in total. The fourth-order valence-corrected chi connectivity index (χ4v) is 2.89. The van der Waals surface area contributed by atoms with Crippen molar-refractivity contribution in [2.75, 3.05) is 20.3 Å². The molecule has 5 nitrogen and oxygen atoms in total. The highest BCUT2D eigenvalue weighted by molar-refractivity contribution is 6.08. The zero-order valence-electron chi connectivity index (χ0n) is 15.3. The van der Waals surface area contributed by atoms with E-state index in [9.17, 15) is 4.79 Å². The Balaban J connectivity index is 2.16. The number of aromatic nitrogens is 1. The summed E-state index contributed by atoms with van der Waals surface area (Å²) in [6.07, 6.45) is 0.935. The van der Waals surface area contributed by atoms with Crippen LogP contribution in [0.5, 0.6) is 11.5 Å². The summed E-state index contributed by atoms with van der Waals surface area (Å²) in [4.78, 5) is 15.7. The van der Waals surface area contributed by atoms with Crippen molar-refractivity contribution in [2.45, 2.75) is 20.3 Å². The maximum atomic E-state index is 12.5. The van der Waals surface area contributed by atoms with Gasteiger partial charge in [-0.3, -0.25) is 0 Å². The Bertz CT molecular complexity index is 896. The molecule has 0 aliphatic heterocycles. The summed E-state index contributed by atoms with van der Waals surface area (Å²) < 4.78 is 16.2. The monoisotopic (exact) mass is 353 g/mol. The second-order valence-corrected chi connectivity index (χ2v) is 5.88. The fourth-order valence-electron chi connectivity index (χ4n) is 2.89. The Kier molecular flexibility index (Phi) is 5.46. The zero-order chi connectivity index (χ0) is 18.5. The SMILES string of the molecule is CCCOc1ccc2[nH]c(C(=O)OCC)c(-c3ccc(OC)cc3)c2c1. The van der Waals surface area contributed by atoms with Gasteiger partial charge in [0.05, 0.1) is 20.3 Å². The number of rotatable bonds is 7. The Morgan fingerprint density at radius 3 is 2.42 bits per heavy atom. The van der Waals surface area contributed by atoms with E-state index in [0.717, 1.165) is 39.9 Å². The summed E-state index contributed by atoms with van der Waals surface area (Å²) in [5.41, 5.74) is 3.03. The lowest BCUT2D eigenvalue weighted by atomic mass is 10.0. The molecule has 5 heteroatoms. The molecule has 0 amide bonds. The number of aromatic amines is 1. The number of hydrogen-bond acceptors (Lipinski definition) is 4. The average Bonchev–Trinajstić information content (AvgIpc) is 3.05. The molecule has 0 saturated carbocycles. The summed E-state index contributed by atoms with van der Waals surface area (Å²) in [5, 5.41) is 0.923. The summed E-state index contributed by atoms with van der Waals surface area (Å²) in [6, 6.07) is 13.4. The van der Waals surface area contributed by atoms with Gasteiger partial charge in [-0.2, -0.15) is 0 Å². The highest BCUT2D eigenvalue weighted by Gasteiger charge is 2.20. The maximum absolute atomic E-state index is 12.5. The molecule has 0 atom stereocenters. The minimum atomic E-state index is -0.370. The van der Waals surface area contributed by atoms with Gasteiger partial charge in [-0.25, -0.2) is 4.79 Å². The number of H-pyrrole nitrogens is 1. The molecule has 0 spiro atoms. The van der Waals surface area contributed by atoms with Crippen LogP contribution >= 0.6 is 0 Å². The molecule has 0 saturated heterocycles. The standard InChI is InChI=1S/C21H23NO4/c1-4-12-26-16-10-11-18-17(13-16)19(20(22-18)21(23)25-5-2)14-6-8-15(24-3)9-7-14/h6-11,13,22H,4-5,12H2,1-3H3. The number of fused-ring (bicyclic) bond motifs is 1. The van der Waals surface area contributed by atoms with Crippen molar-refractivity contribution in [2.24, 2.45) is 0 Å². The van der Waals surface area contributed by atoms with Gasteiger partial charge in [-0.05, 0) is 49.2 Å². The molecule has 0 radical (unpaired) electrons. The highest BCUT2D eigenvalue weighted by atomic mass is 16.5. The van der Waals surface area contributed by atoms with Crippen molar-refractivity contribution < 1.29 is 19.0 Å². The van der Waals surface area contributed by atoms with Crippen molar-refractivity contribution in [3.63, 3.8) is 0 Å². The quantitative estimate of drug-likeness (QED) is 0.619. The van der Waals surface area contributed by atoms with Crippen LogP contribution in [0, 0.1) is 0 Å². The zero-order valence-corrected chi connectivity index (χ0v) is 15.3. The summed E-state index contributed by atoms with van der Waals surface area (Å²) in [5.74, 6) is 1.17. The van der Waals surface area contributed by atoms with Crippen LogP contribution in [0.4, 0.5) is 0 Å². The molecule has 136 valence electrons. The second-order valence-electron chi connectivity index (χ2n) is 5.88. The topological polar surface area (TPSA) is 60.6 Å². The van der Waals surface area contributed by atoms with Crippen LogP contribution in [0.2, 0.25) is 0 Å². The van der Waals surface area contributed by atoms with Crippen LogP contribution in [0.3, 0.4) is 0 Å². The molecule has 0 aliphatic rings. The van der Waals surface area contributed by atoms with Crippen molar-refractivity contribution in [1.29, 1.82) is 0 Å². The van der Waals surface area contributed by atoms with E-state index in [1.54, 1.807) is 14.0 Å². The number of ether oxygens (including phenoxy) is 3. The van der Waals surface area contributed by atoms with Crippen molar-refractivity contribution in [1.82, 2.24) is 4.98 Å². The molecule has 2 aromatic carbocycles. The molecule has 0 aliphatic carbocycles. The molecular formula is C21H23NO4. The van der Waals surface area contributed by atoms with Gasteiger partial charge in [-0.1, -0.05) is 19.1 Å². The molecule has 3 aromatic rings. The second kappa shape index (κ2) is 7.95. The fraction of sp³-hybridized carbons (Fsp3) is 0.286. The van der Waals surface area contributed by atoms with E-state index >= 15 is 0 Å². The Labute approximate surface area is 152 Å². The smallest absolute Gasteiger partial charge is 0.355 e. The van der Waals surface area contributed by atoms with Crippen LogP contribution < -0.4 is 9.47 Å². The number of esters is 1. The largest absolute Gasteiger partial charge is 0.497 e. The van der Waals surface area contributed by atoms with Crippen molar-refractivity contribution >= 4 is 16.9 Å². The molecular weight excluding hydrogens is 330 g/mol. The molecule has 0 fully saturated rings. The summed E-state index contributed by atoms with van der Waals surface area (Å²) in [7, 11) is 1.63. The lowest BCUT2D eigenvalue weighted by Crippen LogP contribution is -2.06. The van der Waals surface area contributed by atoms with Gasteiger partial charge in [0.1, 0.15) is 17.2 Å². The number of methoxy groups -OCH3 is 1. The molecule has 0 unspecified atom stereocenters. The average molecular weight is 353 g/mol. The number of carbonyl (C=O) groups is 1. The third-order valence-electron chi connectivity index (χ3n) is 4.10. The van der Waals surface area contributed by atoms with Gasteiger partial charge in [0.2, 0.25) is 0 Å². The van der Waals surface area contributed by atoms with Crippen molar-refractivity contribution in [3.05, 3.63) is 48.2 Å². The lowest BCUT2D eigenvalue weighted by molar-refractivity contribution is 0.0521. The minimum Gasteiger partial charge on any atom is -0.497 e. The van der Waals surface area contributed by atoms with E-state index in [1.165, 1.54) is 0 Å². The molecule has 1 heterocycles. The van der Waals surface area contributed by atoms with Crippen LogP contribution in [0.15, 0.2) is 42.5 Å². The maximum Gasteiger partial charge on any atom is 0.355 e. The number of hydrogen-bond donors (Lipinski definition) is 1. The predicted octanol–water partition coefficient (Wildman–Crippen LogP) is 4.81. The van der Waals surface area contributed by atoms with Crippen molar-refractivity contribution in [3.8, 4) is 22.6 Å². The van der Waals surface area contributed by atoms with Gasteiger partial charge >= 0.3 is 5.97 Å². The third kappa shape index (κ3) is 3.52. The van der Waals surface area contributed by atoms with Crippen LogP contribution in [-0.2, 0) is 4.74 Å². The molecule has 3 rings (SSSR count).